The highest BCUT2D eigenvalue weighted by Crippen LogP contribution is 2.39. The summed E-state index contributed by atoms with van der Waals surface area (Å²) >= 11 is 0. The van der Waals surface area contributed by atoms with Crippen LogP contribution in [0.2, 0.25) is 0 Å². The third kappa shape index (κ3) is 3.91. The molecule has 8 nitrogen and oxygen atoms in total. The Kier molecular flexibility index (Phi) is 4.38. The van der Waals surface area contributed by atoms with Gasteiger partial charge in [-0.15, -0.1) is 0 Å². The quantitative estimate of drug-likeness (QED) is 0.691. The van der Waals surface area contributed by atoms with Gasteiger partial charge in [-0.05, 0) is 49.1 Å². The van der Waals surface area contributed by atoms with Crippen LogP contribution in [0.3, 0.4) is 0 Å². The van der Waals surface area contributed by atoms with E-state index < -0.39 is 0 Å². The fourth-order valence-electron chi connectivity index (χ4n) is 3.51. The predicted molar refractivity (Wildman–Crippen MR) is 108 cm³/mol. The molecule has 1 N–H and O–H groups in total. The van der Waals surface area contributed by atoms with Crippen LogP contribution in [0.4, 0.5) is 16.4 Å². The molecule has 2 fully saturated rings. The minimum absolute atomic E-state index is 0.294. The molecule has 1 saturated heterocycles. The second-order valence-electron chi connectivity index (χ2n) is 7.58. The van der Waals surface area contributed by atoms with Gasteiger partial charge in [-0.2, -0.15) is 5.10 Å². The first-order chi connectivity index (χ1) is 14.1. The van der Waals surface area contributed by atoms with E-state index in [-0.39, 0.29) is 6.09 Å². The molecule has 1 aliphatic heterocycles. The van der Waals surface area contributed by atoms with Crippen LogP contribution in [0.5, 0.6) is 0 Å². The Morgan fingerprint density at radius 3 is 2.93 bits per heavy atom. The zero-order valence-corrected chi connectivity index (χ0v) is 16.2. The molecule has 1 aliphatic carbocycles. The lowest BCUT2D eigenvalue weighted by Gasteiger charge is -2.12. The highest BCUT2D eigenvalue weighted by Gasteiger charge is 2.25. The van der Waals surface area contributed by atoms with Crippen LogP contribution in [-0.4, -0.2) is 43.9 Å². The third-order valence-electron chi connectivity index (χ3n) is 5.13. The summed E-state index contributed by atoms with van der Waals surface area (Å²) < 4.78 is 6.72. The number of carbonyl (C=O) groups excluding carboxylic acids is 1. The summed E-state index contributed by atoms with van der Waals surface area (Å²) in [4.78, 5) is 22.3. The van der Waals surface area contributed by atoms with Crippen LogP contribution < -0.4 is 5.32 Å². The van der Waals surface area contributed by atoms with Gasteiger partial charge in [-0.25, -0.2) is 14.8 Å². The number of hydrogen-bond donors (Lipinski definition) is 1. The Balaban J connectivity index is 1.35. The number of rotatable bonds is 6. The molecule has 0 bridgehead atoms. The molecule has 0 radical (unpaired) electrons. The van der Waals surface area contributed by atoms with E-state index in [1.807, 2.05) is 24.7 Å². The summed E-state index contributed by atoms with van der Waals surface area (Å²) in [7, 11) is 0. The fraction of sp³-hybridized carbons (Fsp3) is 0.333. The molecule has 3 heterocycles. The van der Waals surface area contributed by atoms with Crippen molar-refractivity contribution in [3.05, 3.63) is 54.1 Å². The third-order valence-corrected chi connectivity index (χ3v) is 5.13. The van der Waals surface area contributed by atoms with Crippen molar-refractivity contribution in [2.45, 2.75) is 32.4 Å². The Labute approximate surface area is 168 Å². The summed E-state index contributed by atoms with van der Waals surface area (Å²) in [6, 6.07) is 8.24. The Morgan fingerprint density at radius 1 is 1.24 bits per heavy atom. The van der Waals surface area contributed by atoms with E-state index in [0.717, 1.165) is 28.1 Å². The lowest BCUT2D eigenvalue weighted by atomic mass is 10.1. The van der Waals surface area contributed by atoms with Gasteiger partial charge in [-0.3, -0.25) is 9.58 Å². The molecule has 3 aromatic rings. The molecule has 148 valence electrons. The number of benzene rings is 1. The number of ether oxygens (including phenoxy) is 1. The molecule has 0 atom stereocenters. The maximum Gasteiger partial charge on any atom is 0.411 e. The zero-order valence-electron chi connectivity index (χ0n) is 16.2. The second-order valence-corrected chi connectivity index (χ2v) is 7.58. The first-order valence-electron chi connectivity index (χ1n) is 9.80. The average Bonchev–Trinajstić information content (AvgIpc) is 3.33. The first-order valence-corrected chi connectivity index (χ1v) is 9.80. The number of carbonyl (C=O) groups is 1. The number of cyclic esters (lactones) is 1. The van der Waals surface area contributed by atoms with Crippen molar-refractivity contribution in [3.8, 4) is 11.1 Å². The average molecular weight is 390 g/mol. The summed E-state index contributed by atoms with van der Waals surface area (Å²) in [5.74, 6) is 1.21. The number of hydrogen-bond acceptors (Lipinski definition) is 6. The maximum absolute atomic E-state index is 11.6. The summed E-state index contributed by atoms with van der Waals surface area (Å²) in [5.41, 5.74) is 5.19. The van der Waals surface area contributed by atoms with Gasteiger partial charge in [0.2, 0.25) is 5.95 Å². The smallest absolute Gasteiger partial charge is 0.411 e. The van der Waals surface area contributed by atoms with Crippen molar-refractivity contribution in [1.82, 2.24) is 24.6 Å². The predicted octanol–water partition coefficient (Wildman–Crippen LogP) is 3.68. The molecule has 0 unspecified atom stereocenters. The van der Waals surface area contributed by atoms with Crippen LogP contribution >= 0.6 is 0 Å². The number of nitrogens with zero attached hydrogens (tertiary/aromatic N) is 5. The molecular weight excluding hydrogens is 368 g/mol. The number of nitrogens with one attached hydrogen (secondary N) is 1. The number of amides is 1. The van der Waals surface area contributed by atoms with Crippen molar-refractivity contribution >= 4 is 17.7 Å². The highest BCUT2D eigenvalue weighted by molar-refractivity contribution is 5.70. The Morgan fingerprint density at radius 2 is 2.14 bits per heavy atom. The van der Waals surface area contributed by atoms with Gasteiger partial charge in [0, 0.05) is 35.3 Å². The number of aromatic nitrogens is 4. The summed E-state index contributed by atoms with van der Waals surface area (Å²) in [5, 5.41) is 7.72. The topological polar surface area (TPSA) is 85.2 Å². The van der Waals surface area contributed by atoms with Gasteiger partial charge in [0.1, 0.15) is 13.3 Å². The largest absolute Gasteiger partial charge is 0.447 e. The van der Waals surface area contributed by atoms with Gasteiger partial charge < -0.3 is 10.1 Å². The number of aryl methyl sites for hydroxylation is 1. The van der Waals surface area contributed by atoms with Crippen LogP contribution in [-0.2, 0) is 11.4 Å². The van der Waals surface area contributed by atoms with E-state index in [1.54, 1.807) is 9.58 Å². The standard InChI is InChI=1S/C21H22N6O2/c1-14-8-16(17-11-23-27(12-17)13-26-6-7-29-21(26)28)10-18(9-14)24-20-22-5-4-19(25-20)15-2-3-15/h4-5,8-12,15H,2-3,6-7,13H2,1H3,(H,22,24,25). The highest BCUT2D eigenvalue weighted by atomic mass is 16.6. The second kappa shape index (κ2) is 7.20. The van der Waals surface area contributed by atoms with Gasteiger partial charge in [-0.1, -0.05) is 6.07 Å². The van der Waals surface area contributed by atoms with Crippen LogP contribution in [0.25, 0.3) is 11.1 Å². The van der Waals surface area contributed by atoms with Crippen molar-refractivity contribution in [1.29, 1.82) is 0 Å². The van der Waals surface area contributed by atoms with Crippen molar-refractivity contribution in [3.63, 3.8) is 0 Å². The molecule has 1 aromatic carbocycles. The van der Waals surface area contributed by atoms with Crippen molar-refractivity contribution in [2.24, 2.45) is 0 Å². The SMILES string of the molecule is Cc1cc(Nc2nccc(C3CC3)n2)cc(-c2cnn(CN3CCOC3=O)c2)c1. The van der Waals surface area contributed by atoms with E-state index in [1.165, 1.54) is 12.8 Å². The zero-order chi connectivity index (χ0) is 19.8. The van der Waals surface area contributed by atoms with E-state index in [2.05, 4.69) is 45.5 Å². The van der Waals surface area contributed by atoms with Crippen LogP contribution in [0.1, 0.15) is 30.0 Å². The molecular formula is C21H22N6O2. The van der Waals surface area contributed by atoms with E-state index in [4.69, 9.17) is 4.74 Å². The molecule has 2 aromatic heterocycles. The lowest BCUT2D eigenvalue weighted by Crippen LogP contribution is -2.27. The van der Waals surface area contributed by atoms with Crippen molar-refractivity contribution < 1.29 is 9.53 Å². The molecule has 8 heteroatoms. The van der Waals surface area contributed by atoms with E-state index in [0.29, 0.717) is 31.7 Å². The first kappa shape index (κ1) is 17.7. The number of anilines is 2. The van der Waals surface area contributed by atoms with Gasteiger partial charge in [0.25, 0.3) is 0 Å². The van der Waals surface area contributed by atoms with Crippen molar-refractivity contribution in [2.75, 3.05) is 18.5 Å². The molecule has 1 saturated carbocycles. The Bertz CT molecular complexity index is 1060. The summed E-state index contributed by atoms with van der Waals surface area (Å²) in [6.07, 6.45) is 7.69. The van der Waals surface area contributed by atoms with E-state index in [9.17, 15) is 4.79 Å². The molecule has 29 heavy (non-hydrogen) atoms. The summed E-state index contributed by atoms with van der Waals surface area (Å²) in [6.45, 7) is 3.47. The lowest BCUT2D eigenvalue weighted by molar-refractivity contribution is 0.150. The van der Waals surface area contributed by atoms with Gasteiger partial charge in [0.05, 0.1) is 12.7 Å². The molecule has 1 amide bonds. The minimum Gasteiger partial charge on any atom is -0.447 e. The normalized spacial score (nSPS) is 16.2. The Hall–Kier alpha value is -3.42. The molecule has 5 rings (SSSR count). The van der Waals surface area contributed by atoms with Crippen LogP contribution in [0.15, 0.2) is 42.9 Å². The monoisotopic (exact) mass is 390 g/mol. The minimum atomic E-state index is -0.294. The van der Waals surface area contributed by atoms with Crippen LogP contribution in [0, 0.1) is 6.92 Å². The fourth-order valence-corrected chi connectivity index (χ4v) is 3.51. The van der Waals surface area contributed by atoms with Gasteiger partial charge in [0.15, 0.2) is 0 Å². The van der Waals surface area contributed by atoms with E-state index >= 15 is 0 Å². The van der Waals surface area contributed by atoms with Gasteiger partial charge >= 0.3 is 6.09 Å². The maximum atomic E-state index is 11.6. The molecule has 2 aliphatic rings. The molecule has 0 spiro atoms.